The Kier molecular flexibility index (Phi) is 6.62. The summed E-state index contributed by atoms with van der Waals surface area (Å²) in [7, 11) is 0. The van der Waals surface area contributed by atoms with Crippen molar-refractivity contribution in [2.45, 2.75) is 44.5 Å². The quantitative estimate of drug-likeness (QED) is 0.393. The van der Waals surface area contributed by atoms with E-state index in [0.29, 0.717) is 5.56 Å². The minimum Gasteiger partial charge on any atom is -0.406 e. The topological polar surface area (TPSA) is 59.1 Å². The molecule has 3 aromatic rings. The Morgan fingerprint density at radius 1 is 0.879 bits per heavy atom. The second-order valence-corrected chi connectivity index (χ2v) is 7.74. The van der Waals surface area contributed by atoms with Crippen molar-refractivity contribution in [1.82, 2.24) is 9.97 Å². The molecule has 0 saturated heterocycles. The van der Waals surface area contributed by atoms with Gasteiger partial charge in [0.25, 0.3) is 0 Å². The molecule has 1 aromatic heterocycles. The molecule has 5 nitrogen and oxygen atoms in total. The van der Waals surface area contributed by atoms with Gasteiger partial charge in [-0.2, -0.15) is 4.98 Å². The summed E-state index contributed by atoms with van der Waals surface area (Å²) in [5, 5.41) is 5.87. The zero-order chi connectivity index (χ0) is 23.4. The second kappa shape index (κ2) is 9.60. The van der Waals surface area contributed by atoms with Gasteiger partial charge in [-0.25, -0.2) is 13.8 Å². The number of anilines is 3. The van der Waals surface area contributed by atoms with Gasteiger partial charge in [0.2, 0.25) is 5.95 Å². The van der Waals surface area contributed by atoms with E-state index in [2.05, 4.69) is 25.3 Å². The molecule has 1 aliphatic rings. The monoisotopic (exact) mass is 464 g/mol. The van der Waals surface area contributed by atoms with Crippen molar-refractivity contribution in [3.8, 4) is 17.0 Å². The van der Waals surface area contributed by atoms with Crippen LogP contribution in [0.1, 0.15) is 32.1 Å². The first kappa shape index (κ1) is 22.8. The molecule has 0 bridgehead atoms. The summed E-state index contributed by atoms with van der Waals surface area (Å²) in [5.74, 6) is -1.73. The van der Waals surface area contributed by atoms with Crippen LogP contribution in [-0.4, -0.2) is 22.4 Å². The Morgan fingerprint density at radius 3 is 2.27 bits per heavy atom. The molecule has 1 fully saturated rings. The number of ether oxygens (including phenoxy) is 1. The average molecular weight is 464 g/mol. The first-order valence-electron chi connectivity index (χ1n) is 10.5. The van der Waals surface area contributed by atoms with Gasteiger partial charge in [0.05, 0.1) is 5.69 Å². The Labute approximate surface area is 187 Å². The van der Waals surface area contributed by atoms with Crippen LogP contribution in [0, 0.1) is 11.6 Å². The average Bonchev–Trinajstić information content (AvgIpc) is 2.76. The van der Waals surface area contributed by atoms with Crippen LogP contribution in [0.3, 0.4) is 0 Å². The molecule has 33 heavy (non-hydrogen) atoms. The highest BCUT2D eigenvalue weighted by Gasteiger charge is 2.31. The van der Waals surface area contributed by atoms with E-state index in [9.17, 15) is 22.0 Å². The van der Waals surface area contributed by atoms with Crippen LogP contribution in [-0.2, 0) is 0 Å². The SMILES string of the molecule is Fc1cccc(F)c1Nc1cc(-c2cccc(OC(F)(F)F)c2)nc(NC2CCCCC2)n1. The van der Waals surface area contributed by atoms with Crippen LogP contribution in [0.5, 0.6) is 5.75 Å². The van der Waals surface area contributed by atoms with E-state index in [1.807, 2.05) is 0 Å². The van der Waals surface area contributed by atoms with Crippen molar-refractivity contribution in [2.75, 3.05) is 10.6 Å². The highest BCUT2D eigenvalue weighted by molar-refractivity contribution is 5.68. The van der Waals surface area contributed by atoms with Crippen LogP contribution in [0.2, 0.25) is 0 Å². The Balaban J connectivity index is 1.70. The van der Waals surface area contributed by atoms with E-state index in [1.54, 1.807) is 6.07 Å². The van der Waals surface area contributed by atoms with Gasteiger partial charge in [0.15, 0.2) is 0 Å². The maximum absolute atomic E-state index is 14.2. The molecule has 2 aromatic carbocycles. The maximum atomic E-state index is 14.2. The predicted molar refractivity (Wildman–Crippen MR) is 114 cm³/mol. The standard InChI is InChI=1S/C23H21F5N4O/c24-17-10-5-11-18(25)21(17)31-20-13-19(14-6-4-9-16(12-14)33-23(26,27)28)30-22(32-20)29-15-7-2-1-3-8-15/h4-6,9-13,15H,1-3,7-8H2,(H2,29,30,31,32). The second-order valence-electron chi connectivity index (χ2n) is 7.74. The van der Waals surface area contributed by atoms with Gasteiger partial charge in [-0.1, -0.05) is 37.5 Å². The van der Waals surface area contributed by atoms with Crippen LogP contribution >= 0.6 is 0 Å². The number of alkyl halides is 3. The molecule has 4 rings (SSSR count). The number of nitrogens with one attached hydrogen (secondary N) is 2. The van der Waals surface area contributed by atoms with Gasteiger partial charge in [-0.15, -0.1) is 13.2 Å². The summed E-state index contributed by atoms with van der Waals surface area (Å²) in [6, 6.07) is 10.3. The molecule has 2 N–H and O–H groups in total. The van der Waals surface area contributed by atoms with Crippen molar-refractivity contribution in [2.24, 2.45) is 0 Å². The van der Waals surface area contributed by atoms with Crippen molar-refractivity contribution in [3.63, 3.8) is 0 Å². The van der Waals surface area contributed by atoms with Gasteiger partial charge in [0, 0.05) is 17.7 Å². The van der Waals surface area contributed by atoms with Crippen molar-refractivity contribution < 1.29 is 26.7 Å². The number of rotatable bonds is 6. The van der Waals surface area contributed by atoms with E-state index in [1.165, 1.54) is 30.3 Å². The first-order valence-corrected chi connectivity index (χ1v) is 10.5. The summed E-state index contributed by atoms with van der Waals surface area (Å²) in [5.41, 5.74) is 0.193. The fraction of sp³-hybridized carbons (Fsp3) is 0.304. The number of para-hydroxylation sites is 1. The van der Waals surface area contributed by atoms with Crippen molar-refractivity contribution in [3.05, 3.63) is 60.2 Å². The minimum atomic E-state index is -4.84. The van der Waals surface area contributed by atoms with E-state index >= 15 is 0 Å². The van der Waals surface area contributed by atoms with Gasteiger partial charge >= 0.3 is 6.36 Å². The molecular formula is C23H21F5N4O. The van der Waals surface area contributed by atoms with Gasteiger partial charge in [0.1, 0.15) is 28.9 Å². The Hall–Kier alpha value is -3.43. The smallest absolute Gasteiger partial charge is 0.406 e. The summed E-state index contributed by atoms with van der Waals surface area (Å²) >= 11 is 0. The molecule has 0 atom stereocenters. The number of aromatic nitrogens is 2. The highest BCUT2D eigenvalue weighted by Crippen LogP contribution is 2.31. The zero-order valence-corrected chi connectivity index (χ0v) is 17.4. The van der Waals surface area contributed by atoms with Crippen molar-refractivity contribution >= 4 is 17.5 Å². The molecule has 0 radical (unpaired) electrons. The first-order chi connectivity index (χ1) is 15.8. The number of halogens is 5. The molecule has 1 saturated carbocycles. The zero-order valence-electron chi connectivity index (χ0n) is 17.4. The van der Waals surface area contributed by atoms with Crippen LogP contribution in [0.25, 0.3) is 11.3 Å². The lowest BCUT2D eigenvalue weighted by molar-refractivity contribution is -0.274. The predicted octanol–water partition coefficient (Wildman–Crippen LogP) is 6.81. The minimum absolute atomic E-state index is 0.0875. The summed E-state index contributed by atoms with van der Waals surface area (Å²) in [6.07, 6.45) is 0.261. The third kappa shape index (κ3) is 6.09. The molecular weight excluding hydrogens is 443 g/mol. The van der Waals surface area contributed by atoms with Gasteiger partial charge in [-0.05, 0) is 37.1 Å². The van der Waals surface area contributed by atoms with Crippen LogP contribution < -0.4 is 15.4 Å². The molecule has 1 aliphatic carbocycles. The van der Waals surface area contributed by atoms with Crippen molar-refractivity contribution in [1.29, 1.82) is 0 Å². The van der Waals surface area contributed by atoms with Crippen LogP contribution in [0.4, 0.5) is 39.4 Å². The fourth-order valence-corrected chi connectivity index (χ4v) is 3.75. The molecule has 0 aliphatic heterocycles. The lowest BCUT2D eigenvalue weighted by Gasteiger charge is -2.23. The highest BCUT2D eigenvalue weighted by atomic mass is 19.4. The number of hydrogen-bond acceptors (Lipinski definition) is 5. The van der Waals surface area contributed by atoms with E-state index in [4.69, 9.17) is 0 Å². The molecule has 1 heterocycles. The lowest BCUT2D eigenvalue weighted by Crippen LogP contribution is -2.23. The van der Waals surface area contributed by atoms with E-state index in [0.717, 1.165) is 44.2 Å². The fourth-order valence-electron chi connectivity index (χ4n) is 3.75. The molecule has 0 amide bonds. The number of benzene rings is 2. The Morgan fingerprint density at radius 2 is 1.58 bits per heavy atom. The summed E-state index contributed by atoms with van der Waals surface area (Å²) < 4.78 is 70.2. The third-order valence-electron chi connectivity index (χ3n) is 5.24. The van der Waals surface area contributed by atoms with Gasteiger partial charge in [-0.3, -0.25) is 0 Å². The van der Waals surface area contributed by atoms with E-state index < -0.39 is 23.7 Å². The lowest BCUT2D eigenvalue weighted by atomic mass is 9.96. The summed E-state index contributed by atoms with van der Waals surface area (Å²) in [6.45, 7) is 0. The largest absolute Gasteiger partial charge is 0.573 e. The number of hydrogen-bond donors (Lipinski definition) is 2. The van der Waals surface area contributed by atoms with E-state index in [-0.39, 0.29) is 29.2 Å². The molecule has 10 heteroatoms. The maximum Gasteiger partial charge on any atom is 0.573 e. The number of nitrogens with zero attached hydrogens (tertiary/aromatic N) is 2. The third-order valence-corrected chi connectivity index (χ3v) is 5.24. The molecule has 174 valence electrons. The van der Waals surface area contributed by atoms with Gasteiger partial charge < -0.3 is 15.4 Å². The van der Waals surface area contributed by atoms with Crippen LogP contribution in [0.15, 0.2) is 48.5 Å². The molecule has 0 spiro atoms. The molecule has 0 unspecified atom stereocenters. The normalized spacial score (nSPS) is 14.7. The summed E-state index contributed by atoms with van der Waals surface area (Å²) in [4.78, 5) is 8.77. The Bertz CT molecular complexity index is 1100.